The minimum absolute atomic E-state index is 0.0738. The van der Waals surface area contributed by atoms with Gasteiger partial charge < -0.3 is 4.74 Å². The van der Waals surface area contributed by atoms with E-state index in [1.54, 1.807) is 22.9 Å². The van der Waals surface area contributed by atoms with Crippen LogP contribution in [-0.2, 0) is 0 Å². The van der Waals surface area contributed by atoms with Crippen LogP contribution >= 0.6 is 0 Å². The van der Waals surface area contributed by atoms with Gasteiger partial charge in [-0.3, -0.25) is 13.7 Å². The number of imidazole rings is 1. The molecule has 0 aliphatic heterocycles. The van der Waals surface area contributed by atoms with E-state index in [1.807, 2.05) is 83.4 Å². The SMILES string of the molecule is [2H]c1c(Oc2cccc(-n3[c-][n+](-c4c(-c5ccccc5)cccc4-c4ccccc4)c4ccccc43)c2)cc2c(c1[2H])c1c([2H])c([2H])c([2H])c([2H])c1n2-c1cc(C(C)C(C)(C)C)ccn1. The number of para-hydroxylation sites is 4. The molecule has 10 rings (SSSR count). The van der Waals surface area contributed by atoms with E-state index in [2.05, 4.69) is 93.2 Å². The van der Waals surface area contributed by atoms with Crippen LogP contribution in [-0.4, -0.2) is 14.1 Å². The van der Waals surface area contributed by atoms with E-state index in [1.165, 1.54) is 0 Å². The topological polar surface area (TPSA) is 35.9 Å². The Morgan fingerprint density at radius 1 is 0.644 bits per heavy atom. The molecule has 5 nitrogen and oxygen atoms in total. The second-order valence-corrected chi connectivity index (χ2v) is 15.9. The van der Waals surface area contributed by atoms with E-state index in [0.717, 1.165) is 50.2 Å². The first-order chi connectivity index (χ1) is 31.3. The lowest BCUT2D eigenvalue weighted by Crippen LogP contribution is -2.31. The molecule has 0 aliphatic rings. The fourth-order valence-electron chi connectivity index (χ4n) is 7.90. The highest BCUT2D eigenvalue weighted by Crippen LogP contribution is 2.39. The molecule has 286 valence electrons. The number of hydrogen-bond acceptors (Lipinski definition) is 2. The Balaban J connectivity index is 1.14. The molecule has 0 N–H and O–H groups in total. The Kier molecular flexibility index (Phi) is 7.41. The maximum atomic E-state index is 9.38. The third-order valence-electron chi connectivity index (χ3n) is 11.3. The van der Waals surface area contributed by atoms with Crippen LogP contribution in [0.3, 0.4) is 0 Å². The Hall–Kier alpha value is -7.24. The first-order valence-electron chi connectivity index (χ1n) is 22.8. The Morgan fingerprint density at radius 2 is 1.32 bits per heavy atom. The number of pyridine rings is 1. The van der Waals surface area contributed by atoms with Crippen molar-refractivity contribution in [1.29, 1.82) is 0 Å². The molecule has 0 fully saturated rings. The Labute approximate surface area is 353 Å². The third kappa shape index (κ3) is 6.55. The molecule has 1 unspecified atom stereocenters. The molecular formula is C54H44N4O. The van der Waals surface area contributed by atoms with Gasteiger partial charge in [0.1, 0.15) is 17.3 Å². The standard InChI is InChI=1S/C54H44N4O/c1-37(54(2,3)4)40-31-32-55-52(33-40)58-48-26-12-11-23-46(48)47-30-29-43(35-51(47)58)59-42-22-15-21-41(34-42)56-36-57(50-28-14-13-27-49(50)56)53-44(38-17-7-5-8-18-38)24-16-25-45(53)39-19-9-6-10-20-39/h5-35,37H,1-4H3/i11D,12D,23D,26D,29D,30D. The molecule has 0 saturated heterocycles. The zero-order valence-corrected chi connectivity index (χ0v) is 33.2. The summed E-state index contributed by atoms with van der Waals surface area (Å²) in [4.78, 5) is 4.73. The lowest BCUT2D eigenvalue weighted by atomic mass is 9.78. The van der Waals surface area contributed by atoms with Gasteiger partial charge in [-0.1, -0.05) is 155 Å². The molecule has 3 heterocycles. The summed E-state index contributed by atoms with van der Waals surface area (Å²) >= 11 is 0. The molecule has 1 atom stereocenters. The number of benzene rings is 7. The maximum Gasteiger partial charge on any atom is 0.269 e. The predicted molar refractivity (Wildman–Crippen MR) is 241 cm³/mol. The molecule has 0 bridgehead atoms. The molecule has 59 heavy (non-hydrogen) atoms. The van der Waals surface area contributed by atoms with Crippen molar-refractivity contribution in [2.45, 2.75) is 33.6 Å². The third-order valence-corrected chi connectivity index (χ3v) is 11.3. The number of aromatic nitrogens is 4. The summed E-state index contributed by atoms with van der Waals surface area (Å²) < 4.78 is 66.3. The molecule has 7 aromatic carbocycles. The molecule has 0 saturated carbocycles. The quantitative estimate of drug-likeness (QED) is 0.114. The van der Waals surface area contributed by atoms with Crippen LogP contribution in [0, 0.1) is 11.7 Å². The summed E-state index contributed by atoms with van der Waals surface area (Å²) in [5.41, 5.74) is 9.31. The Bertz CT molecular complexity index is 3430. The van der Waals surface area contributed by atoms with E-state index < -0.39 is 12.1 Å². The van der Waals surface area contributed by atoms with E-state index in [0.29, 0.717) is 17.1 Å². The van der Waals surface area contributed by atoms with Crippen LogP contribution in [0.15, 0.2) is 188 Å². The van der Waals surface area contributed by atoms with E-state index in [4.69, 9.17) is 15.2 Å². The Morgan fingerprint density at radius 3 is 2.07 bits per heavy atom. The fraction of sp³-hybridized carbons (Fsp3) is 0.111. The van der Waals surface area contributed by atoms with Crippen LogP contribution in [0.1, 0.15) is 47.4 Å². The van der Waals surface area contributed by atoms with Gasteiger partial charge in [-0.15, -0.1) is 0 Å². The molecule has 5 heteroatoms. The van der Waals surface area contributed by atoms with Gasteiger partial charge in [-0.05, 0) is 87.6 Å². The van der Waals surface area contributed by atoms with Crippen molar-refractivity contribution < 1.29 is 17.5 Å². The first kappa shape index (κ1) is 29.9. The monoisotopic (exact) mass is 770 g/mol. The summed E-state index contributed by atoms with van der Waals surface area (Å²) in [6, 6.07) is 46.5. The largest absolute Gasteiger partial charge is 0.458 e. The van der Waals surface area contributed by atoms with Crippen molar-refractivity contribution >= 4 is 32.8 Å². The lowest BCUT2D eigenvalue weighted by Gasteiger charge is -2.27. The second kappa shape index (κ2) is 14.6. The maximum absolute atomic E-state index is 9.38. The number of ether oxygens (including phenoxy) is 1. The van der Waals surface area contributed by atoms with Crippen LogP contribution < -0.4 is 9.30 Å². The molecule has 10 aromatic rings. The summed E-state index contributed by atoms with van der Waals surface area (Å²) in [6.07, 6.45) is 5.40. The van der Waals surface area contributed by atoms with Crippen molar-refractivity contribution in [3.63, 3.8) is 0 Å². The van der Waals surface area contributed by atoms with Gasteiger partial charge in [0.05, 0.1) is 41.7 Å². The zero-order chi connectivity index (χ0) is 45.3. The van der Waals surface area contributed by atoms with Crippen LogP contribution in [0.4, 0.5) is 0 Å². The van der Waals surface area contributed by atoms with Crippen molar-refractivity contribution in [2.75, 3.05) is 0 Å². The highest BCUT2D eigenvalue weighted by molar-refractivity contribution is 6.09. The number of rotatable bonds is 8. The van der Waals surface area contributed by atoms with Gasteiger partial charge in [0.15, 0.2) is 0 Å². The van der Waals surface area contributed by atoms with Gasteiger partial charge in [-0.2, -0.15) is 0 Å². The van der Waals surface area contributed by atoms with Gasteiger partial charge >= 0.3 is 0 Å². The van der Waals surface area contributed by atoms with E-state index >= 15 is 0 Å². The summed E-state index contributed by atoms with van der Waals surface area (Å²) in [6.45, 7) is 8.63. The van der Waals surface area contributed by atoms with Crippen molar-refractivity contribution in [3.05, 3.63) is 200 Å². The molecule has 0 spiro atoms. The van der Waals surface area contributed by atoms with Gasteiger partial charge in [0.25, 0.3) is 6.33 Å². The lowest BCUT2D eigenvalue weighted by molar-refractivity contribution is -0.571. The van der Waals surface area contributed by atoms with Crippen molar-refractivity contribution in [2.24, 2.45) is 5.41 Å². The minimum atomic E-state index is -0.414. The molecule has 0 amide bonds. The van der Waals surface area contributed by atoms with Gasteiger partial charge in [-0.25, -0.2) is 4.98 Å². The second-order valence-electron chi connectivity index (χ2n) is 15.9. The molecule has 0 aliphatic carbocycles. The summed E-state index contributed by atoms with van der Waals surface area (Å²) in [5.74, 6) is 1.05. The van der Waals surface area contributed by atoms with Crippen molar-refractivity contribution in [3.8, 4) is 50.9 Å². The number of fused-ring (bicyclic) bond motifs is 4. The minimum Gasteiger partial charge on any atom is -0.458 e. The normalized spacial score (nSPS) is 13.8. The smallest absolute Gasteiger partial charge is 0.269 e. The van der Waals surface area contributed by atoms with E-state index in [-0.39, 0.29) is 57.5 Å². The van der Waals surface area contributed by atoms with Crippen LogP contribution in [0.2, 0.25) is 0 Å². The predicted octanol–water partition coefficient (Wildman–Crippen LogP) is 13.5. The molecule has 0 radical (unpaired) electrons. The fourth-order valence-corrected chi connectivity index (χ4v) is 7.90. The summed E-state index contributed by atoms with van der Waals surface area (Å²) in [5, 5.41) is 0.375. The molecule has 3 aromatic heterocycles. The average Bonchev–Trinajstić information content (AvgIpc) is 3.88. The van der Waals surface area contributed by atoms with E-state index in [9.17, 15) is 2.74 Å². The highest BCUT2D eigenvalue weighted by atomic mass is 16.5. The van der Waals surface area contributed by atoms with Gasteiger partial charge in [0.2, 0.25) is 0 Å². The number of hydrogen-bond donors (Lipinski definition) is 0. The van der Waals surface area contributed by atoms with Gasteiger partial charge in [0, 0.05) is 23.0 Å². The average molecular weight is 771 g/mol. The van der Waals surface area contributed by atoms with Crippen LogP contribution in [0.25, 0.3) is 72.3 Å². The molecular weight excluding hydrogens is 721 g/mol. The summed E-state index contributed by atoms with van der Waals surface area (Å²) in [7, 11) is 0. The first-order valence-corrected chi connectivity index (χ1v) is 19.8. The number of nitrogens with zero attached hydrogens (tertiary/aromatic N) is 4. The highest BCUT2D eigenvalue weighted by Gasteiger charge is 2.24. The zero-order valence-electron chi connectivity index (χ0n) is 39.2. The van der Waals surface area contributed by atoms with Crippen LogP contribution in [0.5, 0.6) is 11.5 Å². The van der Waals surface area contributed by atoms with Crippen molar-refractivity contribution in [1.82, 2.24) is 14.1 Å².